The number of pyridine rings is 1. The van der Waals surface area contributed by atoms with Crippen LogP contribution in [0, 0.1) is 17.3 Å². The lowest BCUT2D eigenvalue weighted by Gasteiger charge is -2.40. The van der Waals surface area contributed by atoms with E-state index in [2.05, 4.69) is 44.3 Å². The third-order valence-corrected chi connectivity index (χ3v) is 12.5. The number of piperazine rings is 1. The van der Waals surface area contributed by atoms with Gasteiger partial charge in [0.05, 0.1) is 45.8 Å². The van der Waals surface area contributed by atoms with Gasteiger partial charge in [0.1, 0.15) is 11.6 Å². The first-order valence-electron chi connectivity index (χ1n) is 20.5. The minimum atomic E-state index is -4.78. The number of benzene rings is 2. The minimum absolute atomic E-state index is 0.00367. The van der Waals surface area contributed by atoms with Crippen LogP contribution in [0.15, 0.2) is 60.9 Å². The van der Waals surface area contributed by atoms with Crippen molar-refractivity contribution in [2.24, 2.45) is 17.3 Å². The topological polar surface area (TPSA) is 156 Å². The van der Waals surface area contributed by atoms with E-state index >= 15 is 0 Å². The molecule has 61 heavy (non-hydrogen) atoms. The highest BCUT2D eigenvalue weighted by atomic mass is 35.5. The number of aromatic nitrogens is 3. The van der Waals surface area contributed by atoms with Gasteiger partial charge in [-0.1, -0.05) is 63.6 Å². The quantitative estimate of drug-likeness (QED) is 0.107. The SMILES string of the molecule is COC(O)NC(C(=O)N1CCCC1c1ncc(-c2ccc(-c3cc(Cl)c(NC(=O)c4ccc(N5CCN(C(=O)C6CC6(C)C)CC5C)nc4)cc3C(F)(F)F)cc2)[nH]1)C(C)C. The molecule has 2 aliphatic heterocycles. The fraction of sp³-hybridized carbons (Fsp3) is 0.477. The number of carbonyl (C=O) groups excluding carboxylic acids is 3. The van der Waals surface area contributed by atoms with Gasteiger partial charge in [0.15, 0.2) is 0 Å². The fourth-order valence-corrected chi connectivity index (χ4v) is 8.59. The van der Waals surface area contributed by atoms with Crippen molar-refractivity contribution < 1.29 is 37.4 Å². The molecule has 0 bridgehead atoms. The van der Waals surface area contributed by atoms with Crippen molar-refractivity contribution in [3.05, 3.63) is 82.9 Å². The number of methoxy groups -OCH3 is 1. The Labute approximate surface area is 358 Å². The highest BCUT2D eigenvalue weighted by Crippen LogP contribution is 2.52. The molecule has 326 valence electrons. The molecule has 2 aromatic heterocycles. The van der Waals surface area contributed by atoms with Crippen molar-refractivity contribution in [2.75, 3.05) is 43.5 Å². The maximum atomic E-state index is 14.6. The minimum Gasteiger partial charge on any atom is -0.356 e. The summed E-state index contributed by atoms with van der Waals surface area (Å²) in [6, 6.07) is 10.7. The first-order chi connectivity index (χ1) is 28.9. The Balaban J connectivity index is 1.02. The second kappa shape index (κ2) is 17.4. The summed E-state index contributed by atoms with van der Waals surface area (Å²) in [7, 11) is 1.34. The number of rotatable bonds is 12. The average Bonchev–Trinajstić information content (AvgIpc) is 3.56. The Morgan fingerprint density at radius 3 is 2.33 bits per heavy atom. The largest absolute Gasteiger partial charge is 0.417 e. The van der Waals surface area contributed by atoms with Gasteiger partial charge in [-0.2, -0.15) is 13.2 Å². The number of aliphatic hydroxyl groups is 1. The molecule has 7 rings (SSSR count). The van der Waals surface area contributed by atoms with E-state index < -0.39 is 30.1 Å². The molecule has 4 aromatic rings. The Bertz CT molecular complexity index is 2250. The molecule has 5 unspecified atom stereocenters. The Hall–Kier alpha value is -5.03. The second-order valence-corrected chi connectivity index (χ2v) is 17.6. The van der Waals surface area contributed by atoms with Crippen LogP contribution in [0.3, 0.4) is 0 Å². The van der Waals surface area contributed by atoms with Crippen LogP contribution in [0.5, 0.6) is 0 Å². The van der Waals surface area contributed by atoms with Crippen molar-refractivity contribution >= 4 is 40.8 Å². The Morgan fingerprint density at radius 1 is 1.02 bits per heavy atom. The zero-order valence-corrected chi connectivity index (χ0v) is 35.8. The zero-order valence-electron chi connectivity index (χ0n) is 35.0. The zero-order chi connectivity index (χ0) is 44.0. The summed E-state index contributed by atoms with van der Waals surface area (Å²) in [6.45, 7) is 12.2. The average molecular weight is 865 g/mol. The van der Waals surface area contributed by atoms with Crippen molar-refractivity contribution in [2.45, 2.75) is 84.6 Å². The molecule has 3 aliphatic rings. The molecule has 1 saturated carbocycles. The predicted octanol–water partition coefficient (Wildman–Crippen LogP) is 7.35. The van der Waals surface area contributed by atoms with Crippen LogP contribution in [0.4, 0.5) is 24.7 Å². The van der Waals surface area contributed by atoms with Crippen LogP contribution in [-0.4, -0.2) is 99.4 Å². The van der Waals surface area contributed by atoms with E-state index in [0.717, 1.165) is 18.9 Å². The molecule has 4 heterocycles. The number of aliphatic hydroxyl groups excluding tert-OH is 1. The summed E-state index contributed by atoms with van der Waals surface area (Å²) in [5.74, 6) is 0.470. The molecule has 1 aliphatic carbocycles. The number of alkyl halides is 3. The maximum Gasteiger partial charge on any atom is 0.417 e. The normalized spacial score (nSPS) is 21.1. The van der Waals surface area contributed by atoms with Crippen LogP contribution in [-0.2, 0) is 20.5 Å². The number of amides is 3. The number of likely N-dealkylation sites (tertiary alicyclic amines) is 1. The number of nitrogens with one attached hydrogen (secondary N) is 3. The summed E-state index contributed by atoms with van der Waals surface area (Å²) < 4.78 is 48.7. The summed E-state index contributed by atoms with van der Waals surface area (Å²) in [5, 5.41) is 15.3. The van der Waals surface area contributed by atoms with Crippen molar-refractivity contribution in [1.29, 1.82) is 0 Å². The van der Waals surface area contributed by atoms with E-state index in [1.807, 2.05) is 25.7 Å². The highest BCUT2D eigenvalue weighted by molar-refractivity contribution is 6.34. The van der Waals surface area contributed by atoms with E-state index in [9.17, 15) is 32.7 Å². The van der Waals surface area contributed by atoms with Gasteiger partial charge in [-0.15, -0.1) is 0 Å². The summed E-state index contributed by atoms with van der Waals surface area (Å²) in [4.78, 5) is 57.9. The van der Waals surface area contributed by atoms with Crippen molar-refractivity contribution in [1.82, 2.24) is 30.1 Å². The third kappa shape index (κ3) is 9.42. The fourth-order valence-electron chi connectivity index (χ4n) is 8.38. The molecule has 2 aromatic carbocycles. The molecule has 13 nitrogen and oxygen atoms in total. The van der Waals surface area contributed by atoms with Crippen LogP contribution in [0.25, 0.3) is 22.4 Å². The van der Waals surface area contributed by atoms with Gasteiger partial charge in [-0.25, -0.2) is 9.97 Å². The monoisotopic (exact) mass is 864 g/mol. The number of halogens is 4. The molecular formula is C44H52ClF3N8O5. The predicted molar refractivity (Wildman–Crippen MR) is 225 cm³/mol. The van der Waals surface area contributed by atoms with Gasteiger partial charge in [-0.05, 0) is 78.5 Å². The number of carbonyl (C=O) groups is 3. The van der Waals surface area contributed by atoms with E-state index in [1.165, 1.54) is 19.4 Å². The summed E-state index contributed by atoms with van der Waals surface area (Å²) in [6.07, 6.45) is -0.745. The first-order valence-corrected chi connectivity index (χ1v) is 20.9. The van der Waals surface area contributed by atoms with E-state index in [-0.39, 0.29) is 68.5 Å². The lowest BCUT2D eigenvalue weighted by atomic mass is 9.97. The number of H-pyrrole nitrogens is 1. The van der Waals surface area contributed by atoms with E-state index in [0.29, 0.717) is 55.5 Å². The maximum absolute atomic E-state index is 14.6. The van der Waals surface area contributed by atoms with Gasteiger partial charge in [0.2, 0.25) is 18.2 Å². The van der Waals surface area contributed by atoms with Crippen molar-refractivity contribution in [3.8, 4) is 22.4 Å². The smallest absolute Gasteiger partial charge is 0.356 e. The van der Waals surface area contributed by atoms with Crippen LogP contribution in [0.2, 0.25) is 5.02 Å². The lowest BCUT2D eigenvalue weighted by molar-refractivity contribution is -0.145. The molecular weight excluding hydrogens is 813 g/mol. The molecule has 5 atom stereocenters. The molecule has 17 heteroatoms. The van der Waals surface area contributed by atoms with Gasteiger partial charge >= 0.3 is 6.18 Å². The van der Waals surface area contributed by atoms with Crippen LogP contribution in [0.1, 0.15) is 81.7 Å². The van der Waals surface area contributed by atoms with E-state index in [4.69, 9.17) is 16.3 Å². The van der Waals surface area contributed by atoms with Gasteiger partial charge in [-0.3, -0.25) is 19.7 Å². The number of imidazole rings is 1. The number of ether oxygens (including phenoxy) is 1. The Kier molecular flexibility index (Phi) is 12.6. The Morgan fingerprint density at radius 2 is 1.72 bits per heavy atom. The number of aromatic amines is 1. The summed E-state index contributed by atoms with van der Waals surface area (Å²) >= 11 is 6.55. The van der Waals surface area contributed by atoms with Gasteiger partial charge in [0, 0.05) is 51.4 Å². The van der Waals surface area contributed by atoms with Gasteiger partial charge < -0.3 is 34.8 Å². The van der Waals surface area contributed by atoms with E-state index in [1.54, 1.807) is 47.5 Å². The second-order valence-electron chi connectivity index (χ2n) is 17.2. The highest BCUT2D eigenvalue weighted by Gasteiger charge is 2.52. The number of anilines is 2. The van der Waals surface area contributed by atoms with Crippen LogP contribution < -0.4 is 15.5 Å². The molecule has 4 N–H and O–H groups in total. The lowest BCUT2D eigenvalue weighted by Crippen LogP contribution is -2.54. The molecule has 2 saturated heterocycles. The first kappa shape index (κ1) is 44.0. The molecule has 3 fully saturated rings. The standard InChI is InChI=1S/C44H52ClF3N8O5/c1-24(2)37(53-42(60)61-6)41(59)56-15-7-8-35(56)38-50-22-34(51-38)27-11-9-26(10-12-27)29-18-32(45)33(19-30(29)44(46,47)48)52-39(57)28-13-14-36(49-21-28)55-17-16-54(23-25(55)3)40(58)31-20-43(31,4)5/h9-14,18-19,21-22,24-25,31,35,37,42,53,60H,7-8,15-17,20,23H2,1-6H3,(H,50,51)(H,52,57). The van der Waals surface area contributed by atoms with Crippen LogP contribution >= 0.6 is 11.6 Å². The third-order valence-electron chi connectivity index (χ3n) is 12.1. The van der Waals surface area contributed by atoms with Crippen molar-refractivity contribution in [3.63, 3.8) is 0 Å². The van der Waals surface area contributed by atoms with Gasteiger partial charge in [0.25, 0.3) is 5.91 Å². The number of nitrogens with zero attached hydrogens (tertiary/aromatic N) is 5. The molecule has 3 amide bonds. The molecule has 0 radical (unpaired) electrons. The number of hydrogen-bond donors (Lipinski definition) is 4. The molecule has 0 spiro atoms. The summed E-state index contributed by atoms with van der Waals surface area (Å²) in [5.41, 5.74) is 0.376. The number of hydrogen-bond acceptors (Lipinski definition) is 9.